The highest BCUT2D eigenvalue weighted by Gasteiger charge is 2.46. The molecule has 7 aromatic rings. The maximum atomic E-state index is 11.5. The van der Waals surface area contributed by atoms with Crippen molar-refractivity contribution in [2.24, 2.45) is 0 Å². The van der Waals surface area contributed by atoms with E-state index < -0.39 is 17.4 Å². The highest BCUT2D eigenvalue weighted by molar-refractivity contribution is 7.21. The van der Waals surface area contributed by atoms with E-state index in [1.807, 2.05) is 54.6 Å². The number of esters is 2. The second kappa shape index (κ2) is 15.9. The van der Waals surface area contributed by atoms with Crippen LogP contribution < -0.4 is 9.47 Å². The predicted molar refractivity (Wildman–Crippen MR) is 221 cm³/mol. The number of benzene rings is 6. The summed E-state index contributed by atoms with van der Waals surface area (Å²) in [7, 11) is 0. The van der Waals surface area contributed by atoms with Crippen LogP contribution in [0.15, 0.2) is 165 Å². The van der Waals surface area contributed by atoms with Crippen molar-refractivity contribution in [3.05, 3.63) is 187 Å². The molecule has 1 atom stereocenters. The van der Waals surface area contributed by atoms with Gasteiger partial charge in [-0.25, -0.2) is 14.6 Å². The van der Waals surface area contributed by atoms with Crippen molar-refractivity contribution in [3.63, 3.8) is 0 Å². The minimum absolute atomic E-state index is 0.126. The molecule has 0 radical (unpaired) electrons. The predicted octanol–water partition coefficient (Wildman–Crippen LogP) is 10.2. The van der Waals surface area contributed by atoms with Gasteiger partial charge in [-0.3, -0.25) is 0 Å². The van der Waals surface area contributed by atoms with Crippen LogP contribution in [0.5, 0.6) is 11.5 Å². The van der Waals surface area contributed by atoms with Gasteiger partial charge in [0.1, 0.15) is 42.9 Å². The molecule has 1 aromatic heterocycles. The van der Waals surface area contributed by atoms with Crippen LogP contribution in [0, 0.1) is 0 Å². The standard InChI is InChI=1S/C48H37NO6S/c1-3-45(50)54-28-26-52-37-22-16-33(17-23-37)32-14-18-35(19-15-32)48(36-20-24-38(25-21-36)53-27-29-55-46(51)4-2)41-13-9-8-12-39(41)40-30-44-43(31-42(40)48)49-47(56-44)34-10-6-5-7-11-34/h3-25,30-31H,1-2,26-29H2. The fourth-order valence-electron chi connectivity index (χ4n) is 7.37. The van der Waals surface area contributed by atoms with Crippen LogP contribution in [0.4, 0.5) is 0 Å². The molecule has 8 heteroatoms. The van der Waals surface area contributed by atoms with Gasteiger partial charge in [0, 0.05) is 17.7 Å². The van der Waals surface area contributed by atoms with E-state index in [1.165, 1.54) is 16.7 Å². The van der Waals surface area contributed by atoms with E-state index in [9.17, 15) is 9.59 Å². The molecule has 0 saturated carbocycles. The van der Waals surface area contributed by atoms with Gasteiger partial charge in [0.05, 0.1) is 15.6 Å². The zero-order chi connectivity index (χ0) is 38.5. The summed E-state index contributed by atoms with van der Waals surface area (Å²) in [4.78, 5) is 28.0. The van der Waals surface area contributed by atoms with Crippen molar-refractivity contribution in [1.82, 2.24) is 4.98 Å². The molecule has 8 rings (SSSR count). The Hall–Kier alpha value is -6.77. The molecule has 7 nitrogen and oxygen atoms in total. The first-order valence-electron chi connectivity index (χ1n) is 18.2. The molecule has 1 aliphatic carbocycles. The molecule has 0 N–H and O–H groups in total. The third-order valence-corrected chi connectivity index (χ3v) is 11.0. The van der Waals surface area contributed by atoms with Crippen LogP contribution in [-0.4, -0.2) is 43.4 Å². The van der Waals surface area contributed by atoms with Crippen molar-refractivity contribution in [2.75, 3.05) is 26.4 Å². The van der Waals surface area contributed by atoms with E-state index in [0.717, 1.165) is 60.8 Å². The van der Waals surface area contributed by atoms with Gasteiger partial charge in [-0.1, -0.05) is 116 Å². The number of rotatable bonds is 14. The molecular weight excluding hydrogens is 719 g/mol. The van der Waals surface area contributed by atoms with Gasteiger partial charge >= 0.3 is 11.9 Å². The van der Waals surface area contributed by atoms with E-state index in [1.54, 1.807) is 11.3 Å². The lowest BCUT2D eigenvalue weighted by atomic mass is 9.67. The van der Waals surface area contributed by atoms with Crippen LogP contribution in [0.3, 0.4) is 0 Å². The SMILES string of the molecule is C=CC(=O)OCCOc1ccc(-c2ccc(C3(c4ccc(OCCOC(=O)C=C)cc4)c4ccccc4-c4cc5sc(-c6ccccc6)nc5cc43)cc2)cc1. The third kappa shape index (κ3) is 6.98. The van der Waals surface area contributed by atoms with Gasteiger partial charge in [0.15, 0.2) is 0 Å². The summed E-state index contributed by atoms with van der Waals surface area (Å²) in [6.45, 7) is 7.60. The number of carbonyl (C=O) groups is 2. The molecule has 1 heterocycles. The summed E-state index contributed by atoms with van der Waals surface area (Å²) in [5.74, 6) is 0.409. The summed E-state index contributed by atoms with van der Waals surface area (Å²) >= 11 is 1.71. The monoisotopic (exact) mass is 755 g/mol. The Morgan fingerprint density at radius 3 is 1.71 bits per heavy atom. The molecule has 0 aliphatic heterocycles. The minimum Gasteiger partial charge on any atom is -0.490 e. The van der Waals surface area contributed by atoms with E-state index in [-0.39, 0.29) is 26.4 Å². The van der Waals surface area contributed by atoms with Gasteiger partial charge in [0.2, 0.25) is 0 Å². The largest absolute Gasteiger partial charge is 0.490 e. The number of carbonyl (C=O) groups excluding carboxylic acids is 2. The zero-order valence-corrected chi connectivity index (χ0v) is 31.3. The molecule has 0 saturated heterocycles. The maximum Gasteiger partial charge on any atom is 0.330 e. The highest BCUT2D eigenvalue weighted by atomic mass is 32.1. The first-order chi connectivity index (χ1) is 27.5. The maximum absolute atomic E-state index is 11.5. The molecule has 0 fully saturated rings. The molecule has 1 aliphatic rings. The lowest BCUT2D eigenvalue weighted by Crippen LogP contribution is -2.28. The lowest BCUT2D eigenvalue weighted by molar-refractivity contribution is -0.139. The second-order valence-corrected chi connectivity index (χ2v) is 14.1. The number of fused-ring (bicyclic) bond motifs is 4. The smallest absolute Gasteiger partial charge is 0.330 e. The van der Waals surface area contributed by atoms with Crippen LogP contribution in [0.25, 0.3) is 43.0 Å². The van der Waals surface area contributed by atoms with Crippen LogP contribution in [0.1, 0.15) is 22.3 Å². The van der Waals surface area contributed by atoms with E-state index in [0.29, 0.717) is 11.5 Å². The summed E-state index contributed by atoms with van der Waals surface area (Å²) in [6, 6.07) is 48.4. The minimum atomic E-state index is -0.667. The van der Waals surface area contributed by atoms with Gasteiger partial charge in [-0.05, 0) is 80.9 Å². The molecular formula is C48H37NO6S. The van der Waals surface area contributed by atoms with Gasteiger partial charge in [0.25, 0.3) is 0 Å². The number of nitrogens with zero attached hydrogens (tertiary/aromatic N) is 1. The first kappa shape index (κ1) is 36.2. The second-order valence-electron chi connectivity index (χ2n) is 13.1. The number of aromatic nitrogens is 1. The van der Waals surface area contributed by atoms with Gasteiger partial charge in [-0.15, -0.1) is 11.3 Å². The first-order valence-corrected chi connectivity index (χ1v) is 19.1. The third-order valence-electron chi connectivity index (χ3n) is 9.89. The van der Waals surface area contributed by atoms with Crippen LogP contribution >= 0.6 is 11.3 Å². The average molecular weight is 756 g/mol. The Morgan fingerprint density at radius 1 is 0.571 bits per heavy atom. The molecule has 0 amide bonds. The van der Waals surface area contributed by atoms with E-state index in [4.69, 9.17) is 23.9 Å². The van der Waals surface area contributed by atoms with Crippen molar-refractivity contribution in [1.29, 1.82) is 0 Å². The molecule has 276 valence electrons. The Morgan fingerprint density at radius 2 is 1.11 bits per heavy atom. The van der Waals surface area contributed by atoms with E-state index in [2.05, 4.69) is 98.1 Å². The Kier molecular flexibility index (Phi) is 10.3. The number of hydrogen-bond acceptors (Lipinski definition) is 8. The van der Waals surface area contributed by atoms with E-state index >= 15 is 0 Å². The molecule has 6 aromatic carbocycles. The quantitative estimate of drug-likeness (QED) is 0.0621. The number of thiazole rings is 1. The Labute approximate surface area is 329 Å². The number of ether oxygens (including phenoxy) is 4. The normalized spacial score (nSPS) is 14.0. The number of hydrogen-bond donors (Lipinski definition) is 0. The van der Waals surface area contributed by atoms with Crippen molar-refractivity contribution >= 4 is 33.5 Å². The fraction of sp³-hybridized carbons (Fsp3) is 0.104. The van der Waals surface area contributed by atoms with Gasteiger partial charge < -0.3 is 18.9 Å². The summed E-state index contributed by atoms with van der Waals surface area (Å²) < 4.78 is 23.0. The van der Waals surface area contributed by atoms with Crippen LogP contribution in [-0.2, 0) is 24.5 Å². The fourth-order valence-corrected chi connectivity index (χ4v) is 8.36. The lowest BCUT2D eigenvalue weighted by Gasteiger charge is -2.34. The topological polar surface area (TPSA) is 84.0 Å². The molecule has 1 unspecified atom stereocenters. The molecule has 0 bridgehead atoms. The highest BCUT2D eigenvalue weighted by Crippen LogP contribution is 2.57. The van der Waals surface area contributed by atoms with Crippen molar-refractivity contribution < 1.29 is 28.5 Å². The van der Waals surface area contributed by atoms with Gasteiger partial charge in [-0.2, -0.15) is 0 Å². The zero-order valence-electron chi connectivity index (χ0n) is 30.5. The Balaban J connectivity index is 1.18. The van der Waals surface area contributed by atoms with Crippen LogP contribution in [0.2, 0.25) is 0 Å². The average Bonchev–Trinajstić information content (AvgIpc) is 3.80. The molecule has 56 heavy (non-hydrogen) atoms. The van der Waals surface area contributed by atoms with Crippen molar-refractivity contribution in [2.45, 2.75) is 5.41 Å². The summed E-state index contributed by atoms with van der Waals surface area (Å²) in [5.41, 5.74) is 10.4. The summed E-state index contributed by atoms with van der Waals surface area (Å²) in [6.07, 6.45) is 2.27. The molecule has 0 spiro atoms. The Bertz CT molecular complexity index is 2540. The van der Waals surface area contributed by atoms with Crippen molar-refractivity contribution in [3.8, 4) is 44.3 Å². The summed E-state index contributed by atoms with van der Waals surface area (Å²) in [5, 5.41) is 0.986.